The Labute approximate surface area is 79.8 Å². The van der Waals surface area contributed by atoms with Crippen LogP contribution in [0.15, 0.2) is 0 Å². The summed E-state index contributed by atoms with van der Waals surface area (Å²) in [6.07, 6.45) is 4.90. The van der Waals surface area contributed by atoms with Crippen molar-refractivity contribution in [1.82, 2.24) is 5.32 Å². The van der Waals surface area contributed by atoms with Gasteiger partial charge in [0, 0.05) is 6.04 Å². The molecule has 1 N–H and O–H groups in total. The van der Waals surface area contributed by atoms with Crippen LogP contribution in [0.25, 0.3) is 0 Å². The SMILES string of the molecule is CCCCOC(=O)C[C@@H]1CCCN1. The summed E-state index contributed by atoms with van der Waals surface area (Å²) in [6, 6.07) is 0.370. The van der Waals surface area contributed by atoms with Crippen LogP contribution in [0, 0.1) is 0 Å². The minimum Gasteiger partial charge on any atom is -0.466 e. The lowest BCUT2D eigenvalue weighted by molar-refractivity contribution is -0.144. The first-order valence-corrected chi connectivity index (χ1v) is 5.22. The molecule has 0 aliphatic carbocycles. The van der Waals surface area contributed by atoms with Crippen LogP contribution in [-0.2, 0) is 9.53 Å². The van der Waals surface area contributed by atoms with Gasteiger partial charge in [-0.25, -0.2) is 0 Å². The minimum atomic E-state index is -0.0483. The van der Waals surface area contributed by atoms with E-state index in [-0.39, 0.29) is 5.97 Å². The number of hydrogen-bond acceptors (Lipinski definition) is 3. The van der Waals surface area contributed by atoms with E-state index in [1.54, 1.807) is 0 Å². The topological polar surface area (TPSA) is 38.3 Å². The number of unbranched alkanes of at least 4 members (excludes halogenated alkanes) is 1. The Morgan fingerprint density at radius 3 is 3.08 bits per heavy atom. The Kier molecular flexibility index (Phi) is 4.83. The molecular formula is C10H19NO2. The third kappa shape index (κ3) is 4.27. The number of carbonyl (C=O) groups is 1. The van der Waals surface area contributed by atoms with Gasteiger partial charge in [0.15, 0.2) is 0 Å². The Hall–Kier alpha value is -0.570. The van der Waals surface area contributed by atoms with Crippen molar-refractivity contribution in [2.45, 2.75) is 45.1 Å². The molecule has 1 aliphatic rings. The van der Waals surface area contributed by atoms with Gasteiger partial charge in [-0.2, -0.15) is 0 Å². The first kappa shape index (κ1) is 10.5. The fraction of sp³-hybridized carbons (Fsp3) is 0.900. The number of carbonyl (C=O) groups excluding carboxylic acids is 1. The molecule has 0 spiro atoms. The van der Waals surface area contributed by atoms with E-state index in [9.17, 15) is 4.79 Å². The highest BCUT2D eigenvalue weighted by molar-refractivity contribution is 5.70. The van der Waals surface area contributed by atoms with Gasteiger partial charge in [-0.3, -0.25) is 4.79 Å². The zero-order valence-electron chi connectivity index (χ0n) is 8.34. The molecule has 0 unspecified atom stereocenters. The number of rotatable bonds is 5. The minimum absolute atomic E-state index is 0.0483. The Morgan fingerprint density at radius 2 is 2.46 bits per heavy atom. The van der Waals surface area contributed by atoms with Crippen LogP contribution < -0.4 is 5.32 Å². The lowest BCUT2D eigenvalue weighted by atomic mass is 10.2. The summed E-state index contributed by atoms with van der Waals surface area (Å²) < 4.78 is 5.07. The average molecular weight is 185 g/mol. The number of hydrogen-bond donors (Lipinski definition) is 1. The molecule has 0 bridgehead atoms. The third-order valence-electron chi connectivity index (χ3n) is 2.34. The second-order valence-corrected chi connectivity index (χ2v) is 3.57. The van der Waals surface area contributed by atoms with Crippen LogP contribution in [-0.4, -0.2) is 25.2 Å². The summed E-state index contributed by atoms with van der Waals surface area (Å²) in [7, 11) is 0. The maximum absolute atomic E-state index is 11.2. The Bertz CT molecular complexity index is 153. The van der Waals surface area contributed by atoms with E-state index in [1.165, 1.54) is 6.42 Å². The van der Waals surface area contributed by atoms with Crippen molar-refractivity contribution in [1.29, 1.82) is 0 Å². The smallest absolute Gasteiger partial charge is 0.307 e. The molecule has 1 heterocycles. The van der Waals surface area contributed by atoms with Gasteiger partial charge in [-0.1, -0.05) is 13.3 Å². The molecule has 0 saturated carbocycles. The van der Waals surface area contributed by atoms with Gasteiger partial charge < -0.3 is 10.1 Å². The van der Waals surface area contributed by atoms with Gasteiger partial charge in [0.05, 0.1) is 13.0 Å². The highest BCUT2D eigenvalue weighted by Crippen LogP contribution is 2.09. The van der Waals surface area contributed by atoms with Crippen molar-refractivity contribution in [3.8, 4) is 0 Å². The van der Waals surface area contributed by atoms with Crippen molar-refractivity contribution >= 4 is 5.97 Å². The highest BCUT2D eigenvalue weighted by atomic mass is 16.5. The van der Waals surface area contributed by atoms with Crippen molar-refractivity contribution in [2.75, 3.05) is 13.2 Å². The number of ether oxygens (including phenoxy) is 1. The summed E-state index contributed by atoms with van der Waals surface area (Å²) in [5.74, 6) is -0.0483. The lowest BCUT2D eigenvalue weighted by Gasteiger charge is -2.09. The molecule has 76 valence electrons. The summed E-state index contributed by atoms with van der Waals surface area (Å²) in [4.78, 5) is 11.2. The zero-order chi connectivity index (χ0) is 9.52. The molecule has 1 saturated heterocycles. The lowest BCUT2D eigenvalue weighted by Crippen LogP contribution is -2.25. The molecule has 1 aliphatic heterocycles. The van der Waals surface area contributed by atoms with E-state index < -0.39 is 0 Å². The van der Waals surface area contributed by atoms with E-state index in [2.05, 4.69) is 12.2 Å². The Morgan fingerprint density at radius 1 is 1.62 bits per heavy atom. The van der Waals surface area contributed by atoms with Crippen molar-refractivity contribution in [2.24, 2.45) is 0 Å². The second-order valence-electron chi connectivity index (χ2n) is 3.57. The van der Waals surface area contributed by atoms with Gasteiger partial charge in [-0.15, -0.1) is 0 Å². The molecule has 0 aromatic carbocycles. The van der Waals surface area contributed by atoms with Crippen molar-refractivity contribution in [3.63, 3.8) is 0 Å². The molecule has 0 amide bonds. The fourth-order valence-electron chi connectivity index (χ4n) is 1.52. The molecule has 0 aromatic heterocycles. The maximum atomic E-state index is 11.2. The van der Waals surface area contributed by atoms with Crippen LogP contribution >= 0.6 is 0 Å². The van der Waals surface area contributed by atoms with E-state index in [0.29, 0.717) is 19.1 Å². The molecule has 0 radical (unpaired) electrons. The summed E-state index contributed by atoms with van der Waals surface area (Å²) in [6.45, 7) is 3.72. The van der Waals surface area contributed by atoms with Crippen LogP contribution in [0.1, 0.15) is 39.0 Å². The summed E-state index contributed by atoms with van der Waals surface area (Å²) >= 11 is 0. The van der Waals surface area contributed by atoms with E-state index in [4.69, 9.17) is 4.74 Å². The quantitative estimate of drug-likeness (QED) is 0.520. The van der Waals surface area contributed by atoms with Crippen LogP contribution in [0.5, 0.6) is 0 Å². The monoisotopic (exact) mass is 185 g/mol. The molecule has 1 fully saturated rings. The number of esters is 1. The first-order chi connectivity index (χ1) is 6.33. The van der Waals surface area contributed by atoms with E-state index in [0.717, 1.165) is 25.8 Å². The predicted octanol–water partition coefficient (Wildman–Crippen LogP) is 1.47. The third-order valence-corrected chi connectivity index (χ3v) is 2.34. The van der Waals surface area contributed by atoms with Gasteiger partial charge in [0.25, 0.3) is 0 Å². The first-order valence-electron chi connectivity index (χ1n) is 5.22. The normalized spacial score (nSPS) is 21.8. The second kappa shape index (κ2) is 5.97. The van der Waals surface area contributed by atoms with E-state index >= 15 is 0 Å². The van der Waals surface area contributed by atoms with Crippen LogP contribution in [0.4, 0.5) is 0 Å². The van der Waals surface area contributed by atoms with Crippen molar-refractivity contribution < 1.29 is 9.53 Å². The predicted molar refractivity (Wildman–Crippen MR) is 51.5 cm³/mol. The van der Waals surface area contributed by atoms with E-state index in [1.807, 2.05) is 0 Å². The molecule has 13 heavy (non-hydrogen) atoms. The van der Waals surface area contributed by atoms with Crippen molar-refractivity contribution in [3.05, 3.63) is 0 Å². The maximum Gasteiger partial charge on any atom is 0.307 e. The summed E-state index contributed by atoms with van der Waals surface area (Å²) in [5.41, 5.74) is 0. The Balaban J connectivity index is 2.02. The summed E-state index contributed by atoms with van der Waals surface area (Å²) in [5, 5.41) is 3.28. The zero-order valence-corrected chi connectivity index (χ0v) is 8.34. The van der Waals surface area contributed by atoms with Gasteiger partial charge in [0.1, 0.15) is 0 Å². The molecule has 3 nitrogen and oxygen atoms in total. The molecule has 0 aromatic rings. The molecule has 3 heteroatoms. The van der Waals surface area contributed by atoms with Gasteiger partial charge >= 0.3 is 5.97 Å². The highest BCUT2D eigenvalue weighted by Gasteiger charge is 2.17. The van der Waals surface area contributed by atoms with Gasteiger partial charge in [0.2, 0.25) is 0 Å². The molecule has 1 rings (SSSR count). The molecule has 1 atom stereocenters. The van der Waals surface area contributed by atoms with Crippen LogP contribution in [0.2, 0.25) is 0 Å². The molecular weight excluding hydrogens is 166 g/mol. The average Bonchev–Trinajstić information content (AvgIpc) is 2.57. The number of nitrogens with one attached hydrogen (secondary N) is 1. The standard InChI is InChI=1S/C10H19NO2/c1-2-3-7-13-10(12)8-9-5-4-6-11-9/h9,11H,2-8H2,1H3/t9-/m0/s1. The fourth-order valence-corrected chi connectivity index (χ4v) is 1.52. The van der Waals surface area contributed by atoms with Gasteiger partial charge in [-0.05, 0) is 25.8 Å². The van der Waals surface area contributed by atoms with Crippen LogP contribution in [0.3, 0.4) is 0 Å². The largest absolute Gasteiger partial charge is 0.466 e.